The maximum Gasteiger partial charge on any atom is 0.309 e. The van der Waals surface area contributed by atoms with E-state index in [2.05, 4.69) is 13.8 Å². The minimum atomic E-state index is -0.857. The lowest BCUT2D eigenvalue weighted by Crippen LogP contribution is -2.62. The molecule has 1 N–H and O–H groups in total. The Kier molecular flexibility index (Phi) is 5.06. The number of carboxylic acids is 1. The Labute approximate surface area is 207 Å². The van der Waals surface area contributed by atoms with Crippen molar-refractivity contribution < 1.29 is 33.7 Å². The molecule has 0 aromatic carbocycles. The van der Waals surface area contributed by atoms with Crippen LogP contribution in [-0.2, 0) is 28.6 Å². The van der Waals surface area contributed by atoms with Crippen LogP contribution in [0.1, 0.15) is 91.9 Å². The summed E-state index contributed by atoms with van der Waals surface area (Å²) >= 11 is 0. The van der Waals surface area contributed by atoms with Gasteiger partial charge in [0.25, 0.3) is 0 Å². The monoisotopic (exact) mass is 488 g/mol. The maximum absolute atomic E-state index is 12.4. The van der Waals surface area contributed by atoms with E-state index >= 15 is 0 Å². The molecule has 1 spiro atoms. The minimum absolute atomic E-state index is 0.0117. The smallest absolute Gasteiger partial charge is 0.309 e. The van der Waals surface area contributed by atoms with Crippen molar-refractivity contribution in [1.29, 1.82) is 0 Å². The SMILES string of the molecule is CC(=O)OC1CC2C(CCC3C2(C)CCC2C(C)(C(=O)O)CCCC23C)C2CC3OC(=O)CC13O2. The highest BCUT2D eigenvalue weighted by atomic mass is 16.6. The molecule has 6 fully saturated rings. The molecular formula is C28H40O7. The van der Waals surface area contributed by atoms with Crippen molar-refractivity contribution >= 4 is 17.9 Å². The average molecular weight is 489 g/mol. The lowest BCUT2D eigenvalue weighted by molar-refractivity contribution is -0.199. The third-order valence-corrected chi connectivity index (χ3v) is 12.0. The molecule has 6 rings (SSSR count). The molecule has 0 aromatic rings. The zero-order chi connectivity index (χ0) is 25.0. The van der Waals surface area contributed by atoms with Gasteiger partial charge in [0, 0.05) is 13.3 Å². The third-order valence-electron chi connectivity index (χ3n) is 12.0. The van der Waals surface area contributed by atoms with Crippen LogP contribution in [0.5, 0.6) is 0 Å². The van der Waals surface area contributed by atoms with Gasteiger partial charge in [0.1, 0.15) is 12.2 Å². The molecular weight excluding hydrogens is 448 g/mol. The van der Waals surface area contributed by atoms with Gasteiger partial charge in [-0.25, -0.2) is 0 Å². The van der Waals surface area contributed by atoms with Crippen LogP contribution in [0.3, 0.4) is 0 Å². The highest BCUT2D eigenvalue weighted by molar-refractivity contribution is 5.75. The number of carboxylic acid groups (broad SMARTS) is 1. The Balaban J connectivity index is 1.38. The van der Waals surface area contributed by atoms with Crippen LogP contribution in [0.25, 0.3) is 0 Å². The first-order valence-electron chi connectivity index (χ1n) is 13.7. The van der Waals surface area contributed by atoms with Crippen LogP contribution in [0, 0.1) is 39.9 Å². The van der Waals surface area contributed by atoms with Gasteiger partial charge in [-0.05, 0) is 86.4 Å². The van der Waals surface area contributed by atoms with Gasteiger partial charge in [-0.3, -0.25) is 14.4 Å². The standard InChI is InChI=1S/C28H40O7/c1-15(29)33-21-12-17-16(18-13-22-28(21,35-18)14-23(30)34-22)6-7-19-25(17,2)11-8-20-26(19,3)9-5-10-27(20,4)24(31)32/h16-22H,5-14H2,1-4H3,(H,31,32). The summed E-state index contributed by atoms with van der Waals surface area (Å²) in [4.78, 5) is 37.0. The molecule has 0 amide bonds. The van der Waals surface area contributed by atoms with Crippen molar-refractivity contribution in [1.82, 2.24) is 0 Å². The fraction of sp³-hybridized carbons (Fsp3) is 0.893. The van der Waals surface area contributed by atoms with Gasteiger partial charge in [0.05, 0.1) is 17.9 Å². The van der Waals surface area contributed by atoms with Crippen LogP contribution >= 0.6 is 0 Å². The zero-order valence-corrected chi connectivity index (χ0v) is 21.5. The van der Waals surface area contributed by atoms with E-state index in [9.17, 15) is 19.5 Å². The topological polar surface area (TPSA) is 99.1 Å². The molecule has 194 valence electrons. The van der Waals surface area contributed by atoms with E-state index in [-0.39, 0.29) is 47.3 Å². The van der Waals surface area contributed by atoms with Crippen molar-refractivity contribution in [2.24, 2.45) is 39.9 Å². The largest absolute Gasteiger partial charge is 0.481 e. The average Bonchev–Trinajstić information content (AvgIpc) is 3.21. The van der Waals surface area contributed by atoms with Gasteiger partial charge in [-0.15, -0.1) is 0 Å². The Morgan fingerprint density at radius 1 is 1.00 bits per heavy atom. The fourth-order valence-electron chi connectivity index (χ4n) is 10.6. The summed E-state index contributed by atoms with van der Waals surface area (Å²) in [5.41, 5.74) is -1.51. The van der Waals surface area contributed by atoms with E-state index in [4.69, 9.17) is 14.2 Å². The number of carbonyl (C=O) groups excluding carboxylic acids is 2. The van der Waals surface area contributed by atoms with Gasteiger partial charge in [0.15, 0.2) is 5.60 Å². The van der Waals surface area contributed by atoms with Gasteiger partial charge in [-0.1, -0.05) is 20.3 Å². The molecule has 3 aliphatic heterocycles. The van der Waals surface area contributed by atoms with Crippen molar-refractivity contribution in [3.63, 3.8) is 0 Å². The Morgan fingerprint density at radius 3 is 2.49 bits per heavy atom. The number of aliphatic carboxylic acids is 1. The van der Waals surface area contributed by atoms with Crippen molar-refractivity contribution in [3.8, 4) is 0 Å². The second-order valence-electron chi connectivity index (χ2n) is 13.4. The van der Waals surface area contributed by atoms with Crippen LogP contribution in [0.4, 0.5) is 0 Å². The summed E-state index contributed by atoms with van der Waals surface area (Å²) in [5.74, 6) is 0.0149. The molecule has 6 aliphatic rings. The van der Waals surface area contributed by atoms with Gasteiger partial charge in [0.2, 0.25) is 0 Å². The fourth-order valence-corrected chi connectivity index (χ4v) is 10.6. The second kappa shape index (κ2) is 7.45. The summed E-state index contributed by atoms with van der Waals surface area (Å²) in [6.07, 6.45) is 7.55. The van der Waals surface area contributed by atoms with Crippen LogP contribution in [0.15, 0.2) is 0 Å². The number of fused-ring (bicyclic) bond motifs is 7. The van der Waals surface area contributed by atoms with Crippen LogP contribution < -0.4 is 0 Å². The van der Waals surface area contributed by atoms with Gasteiger partial charge in [-0.2, -0.15) is 0 Å². The normalized spacial score (nSPS) is 54.4. The summed E-state index contributed by atoms with van der Waals surface area (Å²) in [6, 6.07) is 0. The molecule has 2 bridgehead atoms. The quantitative estimate of drug-likeness (QED) is 0.571. The maximum atomic E-state index is 12.4. The first-order valence-corrected chi connectivity index (χ1v) is 13.7. The summed E-state index contributed by atoms with van der Waals surface area (Å²) in [7, 11) is 0. The molecule has 7 nitrogen and oxygen atoms in total. The van der Waals surface area contributed by atoms with E-state index in [1.807, 2.05) is 6.92 Å². The Bertz CT molecular complexity index is 963. The number of hydrogen-bond donors (Lipinski definition) is 1. The number of esters is 2. The van der Waals surface area contributed by atoms with E-state index in [1.165, 1.54) is 6.92 Å². The molecule has 11 unspecified atom stereocenters. The number of carbonyl (C=O) groups is 3. The molecule has 0 aromatic heterocycles. The number of rotatable bonds is 2. The molecule has 3 saturated heterocycles. The van der Waals surface area contributed by atoms with E-state index in [0.717, 1.165) is 44.9 Å². The summed E-state index contributed by atoms with van der Waals surface area (Å²) < 4.78 is 18.3. The van der Waals surface area contributed by atoms with Gasteiger partial charge < -0.3 is 19.3 Å². The van der Waals surface area contributed by atoms with Crippen molar-refractivity contribution in [2.75, 3.05) is 0 Å². The number of hydrogen-bond acceptors (Lipinski definition) is 6. The predicted octanol–water partition coefficient (Wildman–Crippen LogP) is 4.50. The van der Waals surface area contributed by atoms with Crippen LogP contribution in [0.2, 0.25) is 0 Å². The van der Waals surface area contributed by atoms with Crippen molar-refractivity contribution in [2.45, 2.75) is 116 Å². The molecule has 3 saturated carbocycles. The highest BCUT2D eigenvalue weighted by Gasteiger charge is 2.70. The first kappa shape index (κ1) is 23.7. The minimum Gasteiger partial charge on any atom is -0.481 e. The molecule has 11 atom stereocenters. The van der Waals surface area contributed by atoms with E-state index < -0.39 is 23.1 Å². The zero-order valence-electron chi connectivity index (χ0n) is 21.5. The Morgan fingerprint density at radius 2 is 1.77 bits per heavy atom. The van der Waals surface area contributed by atoms with E-state index in [0.29, 0.717) is 30.6 Å². The van der Waals surface area contributed by atoms with Crippen LogP contribution in [-0.4, -0.2) is 46.9 Å². The van der Waals surface area contributed by atoms with Crippen molar-refractivity contribution in [3.05, 3.63) is 0 Å². The lowest BCUT2D eigenvalue weighted by atomic mass is 9.38. The predicted molar refractivity (Wildman–Crippen MR) is 125 cm³/mol. The molecule has 3 heterocycles. The highest BCUT2D eigenvalue weighted by Crippen LogP contribution is 2.71. The van der Waals surface area contributed by atoms with Gasteiger partial charge >= 0.3 is 17.9 Å². The summed E-state index contributed by atoms with van der Waals surface area (Å²) in [5, 5.41) is 10.2. The number of ether oxygens (including phenoxy) is 3. The second-order valence-corrected chi connectivity index (χ2v) is 13.4. The molecule has 0 radical (unpaired) electrons. The lowest BCUT2D eigenvalue weighted by Gasteiger charge is -2.66. The molecule has 35 heavy (non-hydrogen) atoms. The third kappa shape index (κ3) is 3.02. The van der Waals surface area contributed by atoms with E-state index in [1.54, 1.807) is 0 Å². The Hall–Kier alpha value is -1.63. The molecule has 7 heteroatoms. The summed E-state index contributed by atoms with van der Waals surface area (Å²) in [6.45, 7) is 8.22. The first-order chi connectivity index (χ1) is 16.4. The molecule has 3 aliphatic carbocycles.